The second kappa shape index (κ2) is 73.7. The summed E-state index contributed by atoms with van der Waals surface area (Å²) in [6, 6.07) is 0. The molecule has 13 heteroatoms. The van der Waals surface area contributed by atoms with Crippen LogP contribution in [0.3, 0.4) is 0 Å². The van der Waals surface area contributed by atoms with Crippen molar-refractivity contribution in [1.29, 1.82) is 0 Å². The van der Waals surface area contributed by atoms with Crippen LogP contribution in [0.15, 0.2) is 46.6 Å². The standard InChI is InChI=1S/C120H236O12Si/c1-97(2)49-37-53-101(9)65-85-121-113(21,22)77-41-57-105(13)69-89-125-117(29,30)81-45-61-109(17)73-93-129-133(130-94-74-110(18)62-46-82-118(31,32)126-90-70-106(14)58-42-78-114(23,24)122-86-66-102(10)54-38-50-98(3)4,131-95-75-111(19)63-47-83-119(33,34)127-91-71-107(15)59-43-79-115(25,26)123-87-67-103(11)55-39-51-99(5)6)132-96-76-112(20)64-48-84-120(35,36)128-92-72-108(16)60-44-80-116(27,28)124-88-68-104(12)56-40-52-100(7)8/h49-52,101-112H,37-48,53-96H2,1-36H3. The SMILES string of the molecule is CC(C)=CCCC(C)CCOC(C)(C)CCCC(C)CCOC(C)(C)CCCC(C)CCO[Si](OCCC(C)CCCC(C)(C)OCCC(C)CCCC(C)(C)OCCC(C)CCC=C(C)C)(OCCC(C)CCCC(C)(C)OCCC(C)CCCC(C)(C)OCCC(C)CCC=C(C)C)OCCC(C)CCCC(C)(C)OCCC(C)CCCC(C)(C)OCCC(C)CCC=C(C)C. The zero-order valence-corrected chi connectivity index (χ0v) is 97.2. The van der Waals surface area contributed by atoms with Crippen LogP contribution in [0.4, 0.5) is 0 Å². The van der Waals surface area contributed by atoms with Crippen molar-refractivity contribution in [1.82, 2.24) is 0 Å². The summed E-state index contributed by atoms with van der Waals surface area (Å²) in [5.41, 5.74) is 4.59. The summed E-state index contributed by atoms with van der Waals surface area (Å²) in [4.78, 5) is 0. The first-order valence-corrected chi connectivity index (χ1v) is 57.9. The van der Waals surface area contributed by atoms with Crippen molar-refractivity contribution in [3.05, 3.63) is 46.6 Å². The van der Waals surface area contributed by atoms with E-state index in [9.17, 15) is 0 Å². The third-order valence-corrected chi connectivity index (χ3v) is 31.3. The lowest BCUT2D eigenvalue weighted by Crippen LogP contribution is -2.50. The summed E-state index contributed by atoms with van der Waals surface area (Å²) < 4.78 is 81.4. The highest BCUT2D eigenvalue weighted by molar-refractivity contribution is 6.53. The molecule has 0 N–H and O–H groups in total. The molecular formula is C120H236O12Si. The third kappa shape index (κ3) is 81.8. The van der Waals surface area contributed by atoms with Gasteiger partial charge >= 0.3 is 9.05 Å². The van der Waals surface area contributed by atoms with Crippen LogP contribution in [-0.4, -0.2) is 133 Å². The van der Waals surface area contributed by atoms with E-state index in [1.807, 2.05) is 0 Å². The van der Waals surface area contributed by atoms with Gasteiger partial charge in [-0.25, -0.2) is 0 Å². The number of rotatable bonds is 92. The molecule has 0 aliphatic rings. The van der Waals surface area contributed by atoms with Crippen LogP contribution < -0.4 is 0 Å². The van der Waals surface area contributed by atoms with Crippen molar-refractivity contribution in [2.45, 2.75) is 577 Å². The van der Waals surface area contributed by atoms with E-state index in [1.54, 1.807) is 0 Å². The molecule has 0 aliphatic heterocycles. The van der Waals surface area contributed by atoms with Gasteiger partial charge in [0.15, 0.2) is 0 Å². The minimum Gasteiger partial charge on any atom is -0.376 e. The van der Waals surface area contributed by atoms with E-state index >= 15 is 0 Å². The number of hydrogen-bond donors (Lipinski definition) is 0. The molecule has 0 spiro atoms. The quantitative estimate of drug-likeness (QED) is 0.0427. The monoisotopic (exact) mass is 1900 g/mol. The number of ether oxygens (including phenoxy) is 8. The molecule has 0 aromatic heterocycles. The Bertz CT molecular complexity index is 2490. The fourth-order valence-corrected chi connectivity index (χ4v) is 20.0. The Morgan fingerprint density at radius 2 is 0.286 bits per heavy atom. The predicted molar refractivity (Wildman–Crippen MR) is 581 cm³/mol. The highest BCUT2D eigenvalue weighted by atomic mass is 28.4. The van der Waals surface area contributed by atoms with Gasteiger partial charge in [0.05, 0.1) is 44.8 Å². The molecule has 0 radical (unpaired) electrons. The van der Waals surface area contributed by atoms with Crippen LogP contribution in [-0.2, 0) is 55.6 Å². The minimum absolute atomic E-state index is 0.0875. The normalized spacial score (nSPS) is 16.2. The Balaban J connectivity index is 6.43. The molecule has 12 atom stereocenters. The molecule has 12 nitrogen and oxygen atoms in total. The van der Waals surface area contributed by atoms with Crippen molar-refractivity contribution in [2.24, 2.45) is 71.0 Å². The summed E-state index contributed by atoms with van der Waals surface area (Å²) >= 11 is 0. The highest BCUT2D eigenvalue weighted by Gasteiger charge is 2.46. The van der Waals surface area contributed by atoms with Gasteiger partial charge in [-0.05, 0) is 417 Å². The molecule has 0 saturated carbocycles. The molecule has 0 fully saturated rings. The Hall–Kier alpha value is -1.30. The van der Waals surface area contributed by atoms with Gasteiger partial charge in [0.2, 0.25) is 0 Å². The van der Waals surface area contributed by atoms with Gasteiger partial charge in [0.25, 0.3) is 0 Å². The third-order valence-electron chi connectivity index (χ3n) is 29.0. The van der Waals surface area contributed by atoms with Crippen molar-refractivity contribution in [3.63, 3.8) is 0 Å². The Labute approximate surface area is 833 Å². The predicted octanol–water partition coefficient (Wildman–Crippen LogP) is 36.5. The van der Waals surface area contributed by atoms with Crippen LogP contribution in [0.25, 0.3) is 0 Å². The largest absolute Gasteiger partial charge is 0.679 e. The van der Waals surface area contributed by atoms with E-state index in [0.717, 1.165) is 233 Å². The van der Waals surface area contributed by atoms with Crippen molar-refractivity contribution in [3.8, 4) is 0 Å². The lowest BCUT2D eigenvalue weighted by molar-refractivity contribution is -0.0434. The molecular weight excluding hydrogens is 1660 g/mol. The van der Waals surface area contributed by atoms with E-state index in [2.05, 4.69) is 274 Å². The van der Waals surface area contributed by atoms with E-state index in [-0.39, 0.29) is 44.8 Å². The maximum absolute atomic E-state index is 7.18. The van der Waals surface area contributed by atoms with Gasteiger partial charge in [-0.15, -0.1) is 0 Å². The van der Waals surface area contributed by atoms with Crippen LogP contribution in [0.2, 0.25) is 0 Å². The smallest absolute Gasteiger partial charge is 0.376 e. The van der Waals surface area contributed by atoms with Crippen molar-refractivity contribution >= 4 is 9.05 Å². The minimum atomic E-state index is -3.65. The Morgan fingerprint density at radius 3 is 0.406 bits per heavy atom. The molecule has 0 bridgehead atoms. The van der Waals surface area contributed by atoms with Crippen molar-refractivity contribution < 1.29 is 55.6 Å². The number of allylic oxidation sites excluding steroid dienone is 8. The van der Waals surface area contributed by atoms with Crippen molar-refractivity contribution in [2.75, 3.05) is 79.3 Å². The van der Waals surface area contributed by atoms with E-state index in [4.69, 9.17) is 55.6 Å². The molecule has 0 aromatic carbocycles. The Kier molecular flexibility index (Phi) is 73.0. The molecule has 0 heterocycles. The topological polar surface area (TPSA) is 111 Å². The average Bonchev–Trinajstić information content (AvgIpc) is 0.856. The first-order chi connectivity index (χ1) is 62.0. The lowest BCUT2D eigenvalue weighted by Gasteiger charge is -2.31. The molecule has 133 heavy (non-hydrogen) atoms. The Morgan fingerprint density at radius 1 is 0.173 bits per heavy atom. The summed E-state index contributed by atoms with van der Waals surface area (Å²) in [6.45, 7) is 91.6. The molecule has 0 amide bonds. The van der Waals surface area contributed by atoms with Gasteiger partial charge in [0, 0.05) is 79.3 Å². The molecule has 12 unspecified atom stereocenters. The van der Waals surface area contributed by atoms with Gasteiger partial charge in [-0.1, -0.05) is 232 Å². The highest BCUT2D eigenvalue weighted by Crippen LogP contribution is 2.34. The van der Waals surface area contributed by atoms with Gasteiger partial charge < -0.3 is 55.6 Å². The zero-order valence-electron chi connectivity index (χ0n) is 96.2. The summed E-state index contributed by atoms with van der Waals surface area (Å²) in [6.07, 6.45) is 58.5. The lowest BCUT2D eigenvalue weighted by atomic mass is 9.94. The fraction of sp³-hybridized carbons (Fsp3) is 0.933. The molecule has 0 aliphatic carbocycles. The van der Waals surface area contributed by atoms with Crippen LogP contribution in [0.5, 0.6) is 0 Å². The maximum atomic E-state index is 7.18. The fourth-order valence-electron chi connectivity index (χ4n) is 18.0. The summed E-state index contributed by atoms with van der Waals surface area (Å²) in [5.74, 6) is 7.03. The van der Waals surface area contributed by atoms with Crippen LogP contribution >= 0.6 is 0 Å². The average molecular weight is 1900 g/mol. The summed E-state index contributed by atoms with van der Waals surface area (Å²) in [7, 11) is -3.65. The summed E-state index contributed by atoms with van der Waals surface area (Å²) in [5, 5.41) is 0. The second-order valence-electron chi connectivity index (χ2n) is 50.1. The van der Waals surface area contributed by atoms with E-state index in [0.29, 0.717) is 97.4 Å². The van der Waals surface area contributed by atoms with Gasteiger partial charge in [0.1, 0.15) is 0 Å². The second-order valence-corrected chi connectivity index (χ2v) is 52.2. The molecule has 792 valence electrons. The zero-order chi connectivity index (χ0) is 101. The molecule has 0 aromatic rings. The van der Waals surface area contributed by atoms with Gasteiger partial charge in [-0.2, -0.15) is 0 Å². The molecule has 0 saturated heterocycles. The van der Waals surface area contributed by atoms with E-state index < -0.39 is 9.05 Å². The van der Waals surface area contributed by atoms with E-state index in [1.165, 1.54) is 125 Å². The van der Waals surface area contributed by atoms with Gasteiger partial charge in [-0.3, -0.25) is 0 Å². The first kappa shape index (κ1) is 132. The van der Waals surface area contributed by atoms with Crippen LogP contribution in [0.1, 0.15) is 532 Å². The maximum Gasteiger partial charge on any atom is 0.679 e. The van der Waals surface area contributed by atoms with Crippen LogP contribution in [0, 0.1) is 71.0 Å². The first-order valence-electron chi connectivity index (χ1n) is 56.3. The number of hydrogen-bond acceptors (Lipinski definition) is 12. The molecule has 0 rings (SSSR count).